The Kier molecular flexibility index (Phi) is 5.92. The highest BCUT2D eigenvalue weighted by atomic mass is 15.2. The molecule has 0 fully saturated rings. The number of para-hydroxylation sites is 1. The van der Waals surface area contributed by atoms with Crippen LogP contribution in [-0.2, 0) is 0 Å². The van der Waals surface area contributed by atoms with Gasteiger partial charge in [-0.15, -0.1) is 0 Å². The van der Waals surface area contributed by atoms with Gasteiger partial charge in [0.05, 0.1) is 16.9 Å². The molecule has 0 radical (unpaired) electrons. The molecule has 7 nitrogen and oxygen atoms in total. The molecule has 3 rings (SSSR count). The number of rotatable bonds is 7. The van der Waals surface area contributed by atoms with Crippen LogP contribution in [0.2, 0.25) is 0 Å². The number of hydrogen-bond donors (Lipinski definition) is 2. The van der Waals surface area contributed by atoms with Crippen LogP contribution in [0.15, 0.2) is 54.9 Å². The first-order valence-corrected chi connectivity index (χ1v) is 8.60. The van der Waals surface area contributed by atoms with Gasteiger partial charge in [-0.1, -0.05) is 12.1 Å². The maximum absolute atomic E-state index is 9.30. The first kappa shape index (κ1) is 18.3. The minimum absolute atomic E-state index is 0.523. The predicted octanol–water partition coefficient (Wildman–Crippen LogP) is 3.13. The van der Waals surface area contributed by atoms with Gasteiger partial charge in [-0.25, -0.2) is 4.98 Å². The molecule has 0 aliphatic carbocycles. The fourth-order valence-corrected chi connectivity index (χ4v) is 2.47. The molecule has 3 aromatic rings. The van der Waals surface area contributed by atoms with Gasteiger partial charge in [0, 0.05) is 37.1 Å². The molecule has 0 aliphatic heterocycles. The Hall–Kier alpha value is -3.50. The molecule has 2 N–H and O–H groups in total. The van der Waals surface area contributed by atoms with Crippen LogP contribution in [0.3, 0.4) is 0 Å². The highest BCUT2D eigenvalue weighted by molar-refractivity contribution is 5.69. The minimum atomic E-state index is 0.523. The van der Waals surface area contributed by atoms with E-state index in [2.05, 4.69) is 36.6 Å². The van der Waals surface area contributed by atoms with E-state index >= 15 is 0 Å². The molecule has 7 heteroatoms. The van der Waals surface area contributed by atoms with E-state index < -0.39 is 0 Å². The Morgan fingerprint density at radius 1 is 1.11 bits per heavy atom. The topological polar surface area (TPSA) is 89.8 Å². The molecule has 0 aliphatic rings. The Morgan fingerprint density at radius 2 is 1.96 bits per heavy atom. The highest BCUT2D eigenvalue weighted by Crippen LogP contribution is 2.24. The van der Waals surface area contributed by atoms with Crippen molar-refractivity contribution in [1.82, 2.24) is 19.9 Å². The van der Waals surface area contributed by atoms with Gasteiger partial charge in [0.1, 0.15) is 11.9 Å². The van der Waals surface area contributed by atoms with E-state index in [1.165, 1.54) is 0 Å². The van der Waals surface area contributed by atoms with Gasteiger partial charge in [0.25, 0.3) is 0 Å². The number of benzene rings is 1. The zero-order chi connectivity index (χ0) is 19.1. The molecule has 0 saturated heterocycles. The van der Waals surface area contributed by atoms with Crippen LogP contribution < -0.4 is 10.6 Å². The number of pyridine rings is 1. The average Bonchev–Trinajstić information content (AvgIpc) is 2.69. The number of hydrogen-bond acceptors (Lipinski definition) is 7. The number of nitriles is 1. The fraction of sp³-hybridized carbons (Fsp3) is 0.200. The summed E-state index contributed by atoms with van der Waals surface area (Å²) in [6.45, 7) is 1.58. The standard InChI is InChI=1S/C20H21N7/c1-27(2)11-10-23-20-25-18(16-7-5-9-22-14-16)12-19(26-20)24-17-8-4-3-6-15(17)13-21/h3-9,12,14H,10-11H2,1-2H3,(H2,23,24,25,26). The summed E-state index contributed by atoms with van der Waals surface area (Å²) >= 11 is 0. The summed E-state index contributed by atoms with van der Waals surface area (Å²) in [5, 5.41) is 15.8. The van der Waals surface area contributed by atoms with Crippen molar-refractivity contribution in [3.8, 4) is 17.3 Å². The van der Waals surface area contributed by atoms with Crippen molar-refractivity contribution >= 4 is 17.5 Å². The van der Waals surface area contributed by atoms with E-state index in [0.717, 1.165) is 24.3 Å². The van der Waals surface area contributed by atoms with E-state index in [0.29, 0.717) is 23.0 Å². The zero-order valence-corrected chi connectivity index (χ0v) is 15.3. The van der Waals surface area contributed by atoms with E-state index in [4.69, 9.17) is 0 Å². The second-order valence-corrected chi connectivity index (χ2v) is 6.22. The van der Waals surface area contributed by atoms with Gasteiger partial charge in [-0.3, -0.25) is 4.98 Å². The number of aromatic nitrogens is 3. The molecule has 2 aromatic heterocycles. The van der Waals surface area contributed by atoms with Gasteiger partial charge >= 0.3 is 0 Å². The number of nitrogens with zero attached hydrogens (tertiary/aromatic N) is 5. The van der Waals surface area contributed by atoms with Gasteiger partial charge in [-0.05, 0) is 38.4 Å². The normalized spacial score (nSPS) is 10.4. The molecule has 2 heterocycles. The van der Waals surface area contributed by atoms with Crippen molar-refractivity contribution in [3.63, 3.8) is 0 Å². The molecule has 136 valence electrons. The van der Waals surface area contributed by atoms with E-state index in [-0.39, 0.29) is 0 Å². The third-order valence-electron chi connectivity index (χ3n) is 3.84. The lowest BCUT2D eigenvalue weighted by Crippen LogP contribution is -2.21. The molecule has 0 bridgehead atoms. The second-order valence-electron chi connectivity index (χ2n) is 6.22. The molecule has 0 atom stereocenters. The second kappa shape index (κ2) is 8.74. The monoisotopic (exact) mass is 359 g/mol. The third kappa shape index (κ3) is 5.00. The molecule has 0 saturated carbocycles. The SMILES string of the molecule is CN(C)CCNc1nc(Nc2ccccc2C#N)cc(-c2cccnc2)n1. The van der Waals surface area contributed by atoms with E-state index in [9.17, 15) is 5.26 Å². The summed E-state index contributed by atoms with van der Waals surface area (Å²) < 4.78 is 0. The predicted molar refractivity (Wildman–Crippen MR) is 107 cm³/mol. The van der Waals surface area contributed by atoms with Gasteiger partial charge in [0.2, 0.25) is 5.95 Å². The number of anilines is 3. The van der Waals surface area contributed by atoms with Crippen molar-refractivity contribution in [2.45, 2.75) is 0 Å². The lowest BCUT2D eigenvalue weighted by molar-refractivity contribution is 0.425. The van der Waals surface area contributed by atoms with Crippen molar-refractivity contribution in [2.24, 2.45) is 0 Å². The molecular weight excluding hydrogens is 338 g/mol. The summed E-state index contributed by atoms with van der Waals surface area (Å²) in [4.78, 5) is 15.4. The van der Waals surface area contributed by atoms with E-state index in [1.807, 2.05) is 50.5 Å². The Morgan fingerprint density at radius 3 is 2.70 bits per heavy atom. The molecular formula is C20H21N7. The summed E-state index contributed by atoms with van der Waals surface area (Å²) in [6.07, 6.45) is 3.49. The van der Waals surface area contributed by atoms with Crippen LogP contribution in [0.5, 0.6) is 0 Å². The first-order valence-electron chi connectivity index (χ1n) is 8.60. The minimum Gasteiger partial charge on any atom is -0.353 e. The van der Waals surface area contributed by atoms with Gasteiger partial charge < -0.3 is 15.5 Å². The third-order valence-corrected chi connectivity index (χ3v) is 3.84. The lowest BCUT2D eigenvalue weighted by atomic mass is 10.2. The molecule has 0 unspecified atom stereocenters. The van der Waals surface area contributed by atoms with Gasteiger partial charge in [-0.2, -0.15) is 10.2 Å². The van der Waals surface area contributed by atoms with Crippen molar-refractivity contribution < 1.29 is 0 Å². The highest BCUT2D eigenvalue weighted by Gasteiger charge is 2.09. The number of likely N-dealkylation sites (N-methyl/N-ethyl adjacent to an activating group) is 1. The van der Waals surface area contributed by atoms with Crippen LogP contribution in [0.25, 0.3) is 11.3 Å². The van der Waals surface area contributed by atoms with Crippen molar-refractivity contribution in [1.29, 1.82) is 5.26 Å². The van der Waals surface area contributed by atoms with Crippen molar-refractivity contribution in [3.05, 3.63) is 60.4 Å². The summed E-state index contributed by atoms with van der Waals surface area (Å²) in [5.41, 5.74) is 2.91. The summed E-state index contributed by atoms with van der Waals surface area (Å²) in [6, 6.07) is 15.2. The summed E-state index contributed by atoms with van der Waals surface area (Å²) in [7, 11) is 4.03. The van der Waals surface area contributed by atoms with Crippen molar-refractivity contribution in [2.75, 3.05) is 37.8 Å². The van der Waals surface area contributed by atoms with Crippen LogP contribution in [0.4, 0.5) is 17.5 Å². The molecule has 0 spiro atoms. The molecule has 27 heavy (non-hydrogen) atoms. The van der Waals surface area contributed by atoms with E-state index in [1.54, 1.807) is 18.5 Å². The largest absolute Gasteiger partial charge is 0.353 e. The van der Waals surface area contributed by atoms with Crippen LogP contribution in [0, 0.1) is 11.3 Å². The maximum atomic E-state index is 9.30. The quantitative estimate of drug-likeness (QED) is 0.670. The fourth-order valence-electron chi connectivity index (χ4n) is 2.47. The van der Waals surface area contributed by atoms with Crippen LogP contribution >= 0.6 is 0 Å². The average molecular weight is 359 g/mol. The van der Waals surface area contributed by atoms with Crippen LogP contribution in [0.1, 0.15) is 5.56 Å². The Balaban J connectivity index is 1.93. The Labute approximate surface area is 158 Å². The summed E-state index contributed by atoms with van der Waals surface area (Å²) in [5.74, 6) is 1.13. The Bertz CT molecular complexity index is 933. The first-order chi connectivity index (χ1) is 13.2. The lowest BCUT2D eigenvalue weighted by Gasteiger charge is -2.13. The van der Waals surface area contributed by atoms with Gasteiger partial charge in [0.15, 0.2) is 0 Å². The molecule has 1 aromatic carbocycles. The van der Waals surface area contributed by atoms with Crippen LogP contribution in [-0.4, -0.2) is 47.0 Å². The number of nitrogens with one attached hydrogen (secondary N) is 2. The smallest absolute Gasteiger partial charge is 0.225 e. The zero-order valence-electron chi connectivity index (χ0n) is 15.3. The molecule has 0 amide bonds. The maximum Gasteiger partial charge on any atom is 0.225 e.